The number of phenols is 1. The maximum absolute atomic E-state index is 12.4. The van der Waals surface area contributed by atoms with E-state index in [0.717, 1.165) is 0 Å². The number of halogens is 1. The molecule has 4 aromatic rings. The number of rotatable bonds is 3. The number of aryl methyl sites for hydroxylation is 1. The molecule has 0 radical (unpaired) electrons. The van der Waals surface area contributed by atoms with Crippen LogP contribution in [0.4, 0.5) is 5.69 Å². The molecule has 0 spiro atoms. The first-order valence-electron chi connectivity index (χ1n) is 8.99. The number of amides is 1. The number of para-hydroxylation sites is 2. The minimum atomic E-state index is -0.423. The molecular formula is C22H16ClN3O3S. The smallest absolute Gasteiger partial charge is 0.258 e. The fraction of sp³-hybridized carbons (Fsp3) is 0.0455. The SMILES string of the molecule is Cc1cc(NC(=S)NC(=O)c2ccccc2Cl)cc(-c2nc3ccccc3o2)c1O. The van der Waals surface area contributed by atoms with Gasteiger partial charge in [-0.3, -0.25) is 10.1 Å². The van der Waals surface area contributed by atoms with Crippen LogP contribution in [0.15, 0.2) is 65.1 Å². The lowest BCUT2D eigenvalue weighted by molar-refractivity contribution is 0.0978. The quantitative estimate of drug-likeness (QED) is 0.298. The third kappa shape index (κ3) is 3.98. The van der Waals surface area contributed by atoms with Gasteiger partial charge in [-0.05, 0) is 61.1 Å². The van der Waals surface area contributed by atoms with Gasteiger partial charge in [-0.1, -0.05) is 35.9 Å². The fourth-order valence-electron chi connectivity index (χ4n) is 2.98. The molecule has 0 fully saturated rings. The Morgan fingerprint density at radius 2 is 1.87 bits per heavy atom. The molecule has 0 saturated carbocycles. The third-order valence-electron chi connectivity index (χ3n) is 4.43. The number of aromatic nitrogens is 1. The van der Waals surface area contributed by atoms with E-state index in [4.69, 9.17) is 28.2 Å². The summed E-state index contributed by atoms with van der Waals surface area (Å²) in [6.45, 7) is 1.75. The number of carbonyl (C=O) groups is 1. The highest BCUT2D eigenvalue weighted by molar-refractivity contribution is 7.80. The van der Waals surface area contributed by atoms with Crippen molar-refractivity contribution < 1.29 is 14.3 Å². The van der Waals surface area contributed by atoms with E-state index in [9.17, 15) is 9.90 Å². The van der Waals surface area contributed by atoms with Crippen LogP contribution < -0.4 is 10.6 Å². The van der Waals surface area contributed by atoms with E-state index in [2.05, 4.69) is 15.6 Å². The van der Waals surface area contributed by atoms with Crippen LogP contribution in [0.3, 0.4) is 0 Å². The third-order valence-corrected chi connectivity index (χ3v) is 4.96. The van der Waals surface area contributed by atoms with E-state index in [1.807, 2.05) is 18.2 Å². The molecule has 150 valence electrons. The van der Waals surface area contributed by atoms with Crippen LogP contribution in [0.5, 0.6) is 5.75 Å². The van der Waals surface area contributed by atoms with E-state index >= 15 is 0 Å². The van der Waals surface area contributed by atoms with E-state index in [-0.39, 0.29) is 16.8 Å². The summed E-state index contributed by atoms with van der Waals surface area (Å²) in [5, 5.41) is 16.5. The van der Waals surface area contributed by atoms with Gasteiger partial charge in [-0.25, -0.2) is 4.98 Å². The van der Waals surface area contributed by atoms with Crippen LogP contribution >= 0.6 is 23.8 Å². The molecule has 0 aliphatic heterocycles. The monoisotopic (exact) mass is 437 g/mol. The second-order valence-corrected chi connectivity index (χ2v) is 7.38. The molecule has 1 aromatic heterocycles. The first-order chi connectivity index (χ1) is 14.4. The Labute approximate surface area is 182 Å². The zero-order valence-electron chi connectivity index (χ0n) is 15.8. The molecule has 0 bridgehead atoms. The summed E-state index contributed by atoms with van der Waals surface area (Å²) in [6, 6.07) is 17.4. The predicted octanol–water partition coefficient (Wildman–Crippen LogP) is 5.29. The van der Waals surface area contributed by atoms with Gasteiger partial charge in [0.15, 0.2) is 10.7 Å². The number of benzene rings is 3. The Hall–Kier alpha value is -3.42. The van der Waals surface area contributed by atoms with Gasteiger partial charge in [-0.15, -0.1) is 0 Å². The fourth-order valence-corrected chi connectivity index (χ4v) is 3.41. The van der Waals surface area contributed by atoms with Crippen molar-refractivity contribution in [1.29, 1.82) is 0 Å². The van der Waals surface area contributed by atoms with Crippen LogP contribution in [0.1, 0.15) is 15.9 Å². The molecule has 30 heavy (non-hydrogen) atoms. The molecule has 6 nitrogen and oxygen atoms in total. The molecule has 0 aliphatic rings. The molecule has 4 rings (SSSR count). The van der Waals surface area contributed by atoms with Crippen molar-refractivity contribution in [1.82, 2.24) is 10.3 Å². The van der Waals surface area contributed by atoms with Crippen molar-refractivity contribution in [2.75, 3.05) is 5.32 Å². The van der Waals surface area contributed by atoms with E-state index in [1.54, 1.807) is 49.4 Å². The molecular weight excluding hydrogens is 422 g/mol. The Bertz CT molecular complexity index is 1250. The van der Waals surface area contributed by atoms with Crippen molar-refractivity contribution >= 4 is 51.6 Å². The second kappa shape index (κ2) is 8.14. The van der Waals surface area contributed by atoms with Crippen molar-refractivity contribution in [3.8, 4) is 17.2 Å². The number of nitrogens with zero attached hydrogens (tertiary/aromatic N) is 1. The number of hydrogen-bond donors (Lipinski definition) is 3. The largest absolute Gasteiger partial charge is 0.507 e. The lowest BCUT2D eigenvalue weighted by Gasteiger charge is -2.13. The van der Waals surface area contributed by atoms with Gasteiger partial charge in [0.2, 0.25) is 5.89 Å². The minimum Gasteiger partial charge on any atom is -0.507 e. The molecule has 0 saturated heterocycles. The number of oxazole rings is 1. The number of fused-ring (bicyclic) bond motifs is 1. The number of phenolic OH excluding ortho intramolecular Hbond substituents is 1. The van der Waals surface area contributed by atoms with Gasteiger partial charge in [0, 0.05) is 5.69 Å². The van der Waals surface area contributed by atoms with Gasteiger partial charge >= 0.3 is 0 Å². The van der Waals surface area contributed by atoms with Crippen LogP contribution in [-0.2, 0) is 0 Å². The highest BCUT2D eigenvalue weighted by atomic mass is 35.5. The zero-order chi connectivity index (χ0) is 21.3. The Kier molecular flexibility index (Phi) is 5.39. The Balaban J connectivity index is 1.58. The standard InChI is InChI=1S/C22H16ClN3O3S/c1-12-10-13(24-22(30)26-20(28)14-6-2-3-7-16(14)23)11-15(19(12)27)21-25-17-8-4-5-9-18(17)29-21/h2-11,27H,1H3,(H2,24,26,28,30). The van der Waals surface area contributed by atoms with Gasteiger partial charge < -0.3 is 14.8 Å². The van der Waals surface area contributed by atoms with Crippen LogP contribution in [0.2, 0.25) is 5.02 Å². The number of anilines is 1. The van der Waals surface area contributed by atoms with Crippen LogP contribution in [-0.4, -0.2) is 21.1 Å². The van der Waals surface area contributed by atoms with Crippen molar-refractivity contribution in [2.45, 2.75) is 6.92 Å². The highest BCUT2D eigenvalue weighted by Crippen LogP contribution is 2.36. The number of hydrogen-bond acceptors (Lipinski definition) is 5. The van der Waals surface area contributed by atoms with E-state index < -0.39 is 5.91 Å². The topological polar surface area (TPSA) is 87.4 Å². The molecule has 0 unspecified atom stereocenters. The number of nitrogens with one attached hydrogen (secondary N) is 2. The van der Waals surface area contributed by atoms with Gasteiger partial charge in [0.25, 0.3) is 5.91 Å². The summed E-state index contributed by atoms with van der Waals surface area (Å²) in [5.74, 6) is -0.0858. The molecule has 1 amide bonds. The lowest BCUT2D eigenvalue weighted by Crippen LogP contribution is -2.34. The zero-order valence-corrected chi connectivity index (χ0v) is 17.3. The van der Waals surface area contributed by atoms with Crippen molar-refractivity contribution in [3.63, 3.8) is 0 Å². The molecule has 1 heterocycles. The van der Waals surface area contributed by atoms with Crippen LogP contribution in [0.25, 0.3) is 22.6 Å². The number of aromatic hydroxyl groups is 1. The first-order valence-corrected chi connectivity index (χ1v) is 9.77. The maximum Gasteiger partial charge on any atom is 0.258 e. The highest BCUT2D eigenvalue weighted by Gasteiger charge is 2.17. The predicted molar refractivity (Wildman–Crippen MR) is 121 cm³/mol. The Morgan fingerprint density at radius 1 is 1.13 bits per heavy atom. The maximum atomic E-state index is 12.4. The number of thiocarbonyl (C=S) groups is 1. The summed E-state index contributed by atoms with van der Waals surface area (Å²) in [7, 11) is 0. The van der Waals surface area contributed by atoms with E-state index in [0.29, 0.717) is 38.5 Å². The van der Waals surface area contributed by atoms with E-state index in [1.165, 1.54) is 0 Å². The summed E-state index contributed by atoms with van der Waals surface area (Å²) < 4.78 is 5.77. The summed E-state index contributed by atoms with van der Waals surface area (Å²) in [4.78, 5) is 16.8. The molecule has 3 aromatic carbocycles. The molecule has 0 atom stereocenters. The average Bonchev–Trinajstić information content (AvgIpc) is 3.14. The van der Waals surface area contributed by atoms with Crippen molar-refractivity contribution in [3.05, 3.63) is 76.8 Å². The molecule has 8 heteroatoms. The summed E-state index contributed by atoms with van der Waals surface area (Å²) >= 11 is 11.3. The van der Waals surface area contributed by atoms with Crippen molar-refractivity contribution in [2.24, 2.45) is 0 Å². The minimum absolute atomic E-state index is 0.0538. The second-order valence-electron chi connectivity index (χ2n) is 6.56. The average molecular weight is 438 g/mol. The normalized spacial score (nSPS) is 10.7. The van der Waals surface area contributed by atoms with Crippen LogP contribution in [0, 0.1) is 6.92 Å². The summed E-state index contributed by atoms with van der Waals surface area (Å²) in [6.07, 6.45) is 0. The van der Waals surface area contributed by atoms with Gasteiger partial charge in [-0.2, -0.15) is 0 Å². The first kappa shape index (κ1) is 19.9. The van der Waals surface area contributed by atoms with Gasteiger partial charge in [0.1, 0.15) is 11.3 Å². The van der Waals surface area contributed by atoms with Gasteiger partial charge in [0.05, 0.1) is 16.1 Å². The molecule has 3 N–H and O–H groups in total. The molecule has 0 aliphatic carbocycles. The lowest BCUT2D eigenvalue weighted by atomic mass is 10.1. The Morgan fingerprint density at radius 3 is 2.63 bits per heavy atom. The summed E-state index contributed by atoms with van der Waals surface area (Å²) in [5.41, 5.74) is 3.19. The number of carbonyl (C=O) groups excluding carboxylic acids is 1.